The van der Waals surface area contributed by atoms with Crippen LogP contribution in [0.1, 0.15) is 12.8 Å². The molecular weight excluding hydrogens is 281 g/mol. The summed E-state index contributed by atoms with van der Waals surface area (Å²) in [5.74, 6) is -11.4. The van der Waals surface area contributed by atoms with E-state index in [1.807, 2.05) is 0 Å². The van der Waals surface area contributed by atoms with E-state index in [1.54, 1.807) is 5.32 Å². The second-order valence-corrected chi connectivity index (χ2v) is 3.66. The summed E-state index contributed by atoms with van der Waals surface area (Å²) in [4.78, 5) is 11.1. The smallest absolute Gasteiger partial charge is 0.224 e. The predicted molar refractivity (Wildman–Crippen MR) is 54.8 cm³/mol. The van der Waals surface area contributed by atoms with E-state index < -0.39 is 40.7 Å². The number of amides is 1. The number of rotatable bonds is 4. The summed E-state index contributed by atoms with van der Waals surface area (Å²) in [6.45, 7) is 0. The van der Waals surface area contributed by atoms with Crippen LogP contribution in [0.3, 0.4) is 0 Å². The van der Waals surface area contributed by atoms with E-state index in [0.29, 0.717) is 0 Å². The first-order valence-corrected chi connectivity index (χ1v) is 5.30. The number of carbonyl (C=O) groups excluding carboxylic acids is 1. The van der Waals surface area contributed by atoms with Crippen molar-refractivity contribution >= 4 is 23.2 Å². The third-order valence-corrected chi connectivity index (χ3v) is 2.28. The number of halogens is 6. The Kier molecular flexibility index (Phi) is 4.89. The predicted octanol–water partition coefficient (Wildman–Crippen LogP) is 3.34. The first-order chi connectivity index (χ1) is 8.40. The van der Waals surface area contributed by atoms with Gasteiger partial charge in [-0.15, -0.1) is 11.6 Å². The third kappa shape index (κ3) is 2.90. The molecule has 1 aromatic rings. The minimum atomic E-state index is -2.27. The van der Waals surface area contributed by atoms with Gasteiger partial charge in [0.15, 0.2) is 23.3 Å². The average Bonchev–Trinajstić information content (AvgIpc) is 2.36. The highest BCUT2D eigenvalue weighted by molar-refractivity contribution is 6.18. The van der Waals surface area contributed by atoms with E-state index in [4.69, 9.17) is 11.6 Å². The molecule has 2 nitrogen and oxygen atoms in total. The van der Waals surface area contributed by atoms with Crippen molar-refractivity contribution < 1.29 is 26.7 Å². The molecule has 0 unspecified atom stereocenters. The van der Waals surface area contributed by atoms with Crippen LogP contribution in [-0.2, 0) is 4.79 Å². The van der Waals surface area contributed by atoms with E-state index in [9.17, 15) is 26.7 Å². The molecule has 1 aromatic carbocycles. The van der Waals surface area contributed by atoms with Gasteiger partial charge in [0.25, 0.3) is 0 Å². The summed E-state index contributed by atoms with van der Waals surface area (Å²) in [5.41, 5.74) is -1.36. The Morgan fingerprint density at radius 1 is 0.944 bits per heavy atom. The van der Waals surface area contributed by atoms with Crippen LogP contribution in [0.25, 0.3) is 0 Å². The Morgan fingerprint density at radius 3 is 1.83 bits per heavy atom. The molecule has 0 aromatic heterocycles. The molecule has 0 radical (unpaired) electrons. The first kappa shape index (κ1) is 14.7. The molecule has 1 amide bonds. The summed E-state index contributed by atoms with van der Waals surface area (Å²) >= 11 is 5.28. The van der Waals surface area contributed by atoms with Gasteiger partial charge in [0.1, 0.15) is 5.69 Å². The van der Waals surface area contributed by atoms with Crippen molar-refractivity contribution in [1.82, 2.24) is 0 Å². The van der Waals surface area contributed by atoms with Gasteiger partial charge in [-0.25, -0.2) is 22.0 Å². The zero-order valence-corrected chi connectivity index (χ0v) is 9.55. The van der Waals surface area contributed by atoms with Crippen molar-refractivity contribution in [3.05, 3.63) is 29.1 Å². The van der Waals surface area contributed by atoms with E-state index in [-0.39, 0.29) is 18.7 Å². The highest BCUT2D eigenvalue weighted by atomic mass is 35.5. The minimum absolute atomic E-state index is 0.129. The molecule has 8 heteroatoms. The lowest BCUT2D eigenvalue weighted by Crippen LogP contribution is -2.16. The van der Waals surface area contributed by atoms with Crippen molar-refractivity contribution in [2.75, 3.05) is 11.2 Å². The van der Waals surface area contributed by atoms with Crippen LogP contribution >= 0.6 is 11.6 Å². The number of hydrogen-bond acceptors (Lipinski definition) is 1. The Labute approximate surface area is 104 Å². The average molecular weight is 288 g/mol. The monoisotopic (exact) mass is 287 g/mol. The molecule has 0 bridgehead atoms. The molecule has 0 spiro atoms. The molecule has 0 saturated carbocycles. The fourth-order valence-electron chi connectivity index (χ4n) is 1.14. The van der Waals surface area contributed by atoms with Crippen LogP contribution in [0.4, 0.5) is 27.6 Å². The van der Waals surface area contributed by atoms with Crippen LogP contribution < -0.4 is 5.32 Å². The normalized spacial score (nSPS) is 10.6. The minimum Gasteiger partial charge on any atom is -0.321 e. The second-order valence-electron chi connectivity index (χ2n) is 3.29. The molecule has 0 heterocycles. The van der Waals surface area contributed by atoms with Gasteiger partial charge in [0.2, 0.25) is 11.7 Å². The number of benzene rings is 1. The molecule has 0 aliphatic heterocycles. The molecule has 100 valence electrons. The molecule has 18 heavy (non-hydrogen) atoms. The fraction of sp³-hybridized carbons (Fsp3) is 0.300. The van der Waals surface area contributed by atoms with Gasteiger partial charge in [0.05, 0.1) is 0 Å². The van der Waals surface area contributed by atoms with Crippen LogP contribution in [0.5, 0.6) is 0 Å². The number of anilines is 1. The zero-order chi connectivity index (χ0) is 13.9. The number of nitrogens with one attached hydrogen (secondary N) is 1. The molecule has 0 aliphatic rings. The zero-order valence-electron chi connectivity index (χ0n) is 8.80. The first-order valence-electron chi connectivity index (χ1n) is 4.77. The summed E-state index contributed by atoms with van der Waals surface area (Å²) in [6, 6.07) is 0. The van der Waals surface area contributed by atoms with Gasteiger partial charge in [-0.2, -0.15) is 0 Å². The Morgan fingerprint density at radius 2 is 1.39 bits per heavy atom. The summed E-state index contributed by atoms with van der Waals surface area (Å²) < 4.78 is 64.5. The van der Waals surface area contributed by atoms with E-state index >= 15 is 0 Å². The van der Waals surface area contributed by atoms with Crippen LogP contribution in [-0.4, -0.2) is 11.8 Å². The lowest BCUT2D eigenvalue weighted by molar-refractivity contribution is -0.116. The fourth-order valence-corrected chi connectivity index (χ4v) is 1.28. The van der Waals surface area contributed by atoms with Gasteiger partial charge in [-0.3, -0.25) is 4.79 Å². The van der Waals surface area contributed by atoms with Crippen molar-refractivity contribution in [3.8, 4) is 0 Å². The largest absolute Gasteiger partial charge is 0.321 e. The Balaban J connectivity index is 3.06. The van der Waals surface area contributed by atoms with Crippen LogP contribution in [0.15, 0.2) is 0 Å². The molecule has 0 saturated heterocycles. The van der Waals surface area contributed by atoms with Gasteiger partial charge in [-0.05, 0) is 6.42 Å². The molecule has 0 atom stereocenters. The SMILES string of the molecule is O=C(CCCCl)Nc1c(F)c(F)c(F)c(F)c1F. The topological polar surface area (TPSA) is 29.1 Å². The van der Waals surface area contributed by atoms with Crippen molar-refractivity contribution in [1.29, 1.82) is 0 Å². The highest BCUT2D eigenvalue weighted by Crippen LogP contribution is 2.27. The maximum Gasteiger partial charge on any atom is 0.224 e. The van der Waals surface area contributed by atoms with Gasteiger partial charge < -0.3 is 5.32 Å². The molecule has 1 rings (SSSR count). The Bertz CT molecular complexity index is 451. The summed E-state index contributed by atoms with van der Waals surface area (Å²) in [6.07, 6.45) is 0.0196. The number of hydrogen-bond donors (Lipinski definition) is 1. The van der Waals surface area contributed by atoms with Crippen molar-refractivity contribution in [2.45, 2.75) is 12.8 Å². The van der Waals surface area contributed by atoms with E-state index in [0.717, 1.165) is 0 Å². The van der Waals surface area contributed by atoms with Crippen LogP contribution in [0.2, 0.25) is 0 Å². The maximum absolute atomic E-state index is 13.1. The standard InChI is InChI=1S/C10H7ClF5NO/c11-3-1-2-4(18)17-10-8(15)6(13)5(12)7(14)9(10)16/h1-3H2,(H,17,18). The number of alkyl halides is 1. The molecule has 0 aliphatic carbocycles. The highest BCUT2D eigenvalue weighted by Gasteiger charge is 2.26. The Hall–Kier alpha value is -1.37. The summed E-state index contributed by atoms with van der Waals surface area (Å²) in [7, 11) is 0. The van der Waals surface area contributed by atoms with Gasteiger partial charge >= 0.3 is 0 Å². The lowest BCUT2D eigenvalue weighted by atomic mass is 10.2. The quantitative estimate of drug-likeness (QED) is 0.391. The van der Waals surface area contributed by atoms with Crippen LogP contribution in [0, 0.1) is 29.1 Å². The van der Waals surface area contributed by atoms with Crippen molar-refractivity contribution in [2.24, 2.45) is 0 Å². The van der Waals surface area contributed by atoms with E-state index in [2.05, 4.69) is 0 Å². The maximum atomic E-state index is 13.1. The summed E-state index contributed by atoms with van der Waals surface area (Å²) in [5, 5.41) is 1.63. The van der Waals surface area contributed by atoms with E-state index in [1.165, 1.54) is 0 Å². The molecule has 0 fully saturated rings. The lowest BCUT2D eigenvalue weighted by Gasteiger charge is -2.09. The second kappa shape index (κ2) is 5.99. The number of carbonyl (C=O) groups is 1. The third-order valence-electron chi connectivity index (χ3n) is 2.01. The van der Waals surface area contributed by atoms with Gasteiger partial charge in [-0.1, -0.05) is 0 Å². The molecular formula is C10H7ClF5NO. The molecule has 1 N–H and O–H groups in total. The van der Waals surface area contributed by atoms with Crippen molar-refractivity contribution in [3.63, 3.8) is 0 Å². The van der Waals surface area contributed by atoms with Gasteiger partial charge in [0, 0.05) is 12.3 Å².